The van der Waals surface area contributed by atoms with E-state index in [9.17, 15) is 13.2 Å². The van der Waals surface area contributed by atoms with E-state index in [2.05, 4.69) is 10.3 Å². The number of rotatable bonds is 3. The summed E-state index contributed by atoms with van der Waals surface area (Å²) in [5, 5.41) is 3.16. The molecule has 0 saturated heterocycles. The summed E-state index contributed by atoms with van der Waals surface area (Å²) in [7, 11) is 1.56. The fourth-order valence-corrected chi connectivity index (χ4v) is 2.95. The number of aromatic nitrogens is 1. The lowest BCUT2D eigenvalue weighted by molar-refractivity contribution is -0.136. The van der Waals surface area contributed by atoms with E-state index in [1.54, 1.807) is 31.4 Å². The molecule has 2 aromatic carbocycles. The van der Waals surface area contributed by atoms with E-state index in [0.717, 1.165) is 10.8 Å². The second-order valence-electron chi connectivity index (χ2n) is 4.52. The first-order chi connectivity index (χ1) is 10.5. The molecule has 1 N–H and O–H groups in total. The summed E-state index contributed by atoms with van der Waals surface area (Å²) in [6.45, 7) is 0. The number of fused-ring (bicyclic) bond motifs is 1. The number of hydrogen-bond acceptors (Lipinski definition) is 4. The SMILES string of the molecule is COc1ccc2nc(Nc3ccccc3C(F)(F)F)sc2c1. The molecule has 1 aromatic heterocycles. The van der Waals surface area contributed by atoms with Crippen LogP contribution in [0.2, 0.25) is 0 Å². The summed E-state index contributed by atoms with van der Waals surface area (Å²) < 4.78 is 44.9. The molecular formula is C15H11F3N2OS. The van der Waals surface area contributed by atoms with Gasteiger partial charge in [-0.15, -0.1) is 0 Å². The van der Waals surface area contributed by atoms with Crippen LogP contribution in [0.3, 0.4) is 0 Å². The maximum atomic E-state index is 13.0. The van der Waals surface area contributed by atoms with Gasteiger partial charge in [0, 0.05) is 0 Å². The third-order valence-electron chi connectivity index (χ3n) is 3.07. The molecule has 7 heteroatoms. The van der Waals surface area contributed by atoms with Crippen LogP contribution in [0.1, 0.15) is 5.56 Å². The van der Waals surface area contributed by atoms with Crippen molar-refractivity contribution in [2.24, 2.45) is 0 Å². The Hall–Kier alpha value is -2.28. The van der Waals surface area contributed by atoms with Gasteiger partial charge in [0.25, 0.3) is 0 Å². The molecule has 0 aliphatic heterocycles. The highest BCUT2D eigenvalue weighted by Crippen LogP contribution is 2.37. The minimum Gasteiger partial charge on any atom is -0.497 e. The molecule has 22 heavy (non-hydrogen) atoms. The standard InChI is InChI=1S/C15H11F3N2OS/c1-21-9-6-7-12-13(8-9)22-14(20-12)19-11-5-3-2-4-10(11)15(16,17)18/h2-8H,1H3,(H,19,20). The number of ether oxygens (including phenoxy) is 1. The molecule has 0 fully saturated rings. The summed E-state index contributed by atoms with van der Waals surface area (Å²) in [6, 6.07) is 10.7. The number of anilines is 2. The molecule has 3 rings (SSSR count). The molecule has 0 saturated carbocycles. The van der Waals surface area contributed by atoms with Crippen molar-refractivity contribution in [1.82, 2.24) is 4.98 Å². The predicted molar refractivity (Wildman–Crippen MR) is 80.9 cm³/mol. The second kappa shape index (κ2) is 5.49. The highest BCUT2D eigenvalue weighted by atomic mass is 32.1. The van der Waals surface area contributed by atoms with Crippen LogP contribution < -0.4 is 10.1 Å². The van der Waals surface area contributed by atoms with Crippen LogP contribution in [0.25, 0.3) is 10.2 Å². The van der Waals surface area contributed by atoms with Crippen LogP contribution in [-0.2, 0) is 6.18 Å². The molecule has 0 aliphatic carbocycles. The largest absolute Gasteiger partial charge is 0.497 e. The average Bonchev–Trinajstić information content (AvgIpc) is 2.87. The highest BCUT2D eigenvalue weighted by Gasteiger charge is 2.33. The van der Waals surface area contributed by atoms with Gasteiger partial charge in [-0.25, -0.2) is 4.98 Å². The third-order valence-corrected chi connectivity index (χ3v) is 4.00. The molecule has 0 amide bonds. The van der Waals surface area contributed by atoms with Crippen molar-refractivity contribution in [3.05, 3.63) is 48.0 Å². The summed E-state index contributed by atoms with van der Waals surface area (Å²) >= 11 is 1.27. The smallest absolute Gasteiger partial charge is 0.418 e. The van der Waals surface area contributed by atoms with Gasteiger partial charge in [-0.05, 0) is 30.3 Å². The zero-order valence-electron chi connectivity index (χ0n) is 11.4. The number of halogens is 3. The van der Waals surface area contributed by atoms with Crippen LogP contribution in [0.15, 0.2) is 42.5 Å². The van der Waals surface area contributed by atoms with Crippen molar-refractivity contribution >= 4 is 32.4 Å². The lowest BCUT2D eigenvalue weighted by Crippen LogP contribution is -2.08. The fourth-order valence-electron chi connectivity index (χ4n) is 2.04. The highest BCUT2D eigenvalue weighted by molar-refractivity contribution is 7.22. The van der Waals surface area contributed by atoms with Gasteiger partial charge in [0.15, 0.2) is 5.13 Å². The number of para-hydroxylation sites is 1. The summed E-state index contributed by atoms with van der Waals surface area (Å²) in [4.78, 5) is 4.29. The van der Waals surface area contributed by atoms with Gasteiger partial charge in [-0.2, -0.15) is 13.2 Å². The van der Waals surface area contributed by atoms with Gasteiger partial charge in [0.1, 0.15) is 5.75 Å². The van der Waals surface area contributed by atoms with E-state index < -0.39 is 11.7 Å². The zero-order valence-corrected chi connectivity index (χ0v) is 12.3. The zero-order chi connectivity index (χ0) is 15.7. The normalized spacial score (nSPS) is 11.6. The van der Waals surface area contributed by atoms with Gasteiger partial charge in [-0.1, -0.05) is 23.5 Å². The second-order valence-corrected chi connectivity index (χ2v) is 5.55. The molecule has 3 aromatic rings. The Morgan fingerprint density at radius 2 is 1.91 bits per heavy atom. The molecule has 0 spiro atoms. The third kappa shape index (κ3) is 2.85. The van der Waals surface area contributed by atoms with E-state index in [4.69, 9.17) is 4.74 Å². The molecule has 1 heterocycles. The van der Waals surface area contributed by atoms with E-state index in [1.807, 2.05) is 0 Å². The number of nitrogens with zero attached hydrogens (tertiary/aromatic N) is 1. The molecule has 3 nitrogen and oxygen atoms in total. The number of nitrogens with one attached hydrogen (secondary N) is 1. The lowest BCUT2D eigenvalue weighted by Gasteiger charge is -2.12. The van der Waals surface area contributed by atoms with Crippen LogP contribution >= 0.6 is 11.3 Å². The van der Waals surface area contributed by atoms with Crippen LogP contribution in [0.5, 0.6) is 5.75 Å². The molecule has 0 unspecified atom stereocenters. The van der Waals surface area contributed by atoms with Gasteiger partial charge in [-0.3, -0.25) is 0 Å². The van der Waals surface area contributed by atoms with Crippen molar-refractivity contribution < 1.29 is 17.9 Å². The molecule has 0 bridgehead atoms. The first-order valence-electron chi connectivity index (χ1n) is 6.35. The number of hydrogen-bond donors (Lipinski definition) is 1. The average molecular weight is 324 g/mol. The predicted octanol–water partition coefficient (Wildman–Crippen LogP) is 5.07. The van der Waals surface area contributed by atoms with Crippen LogP contribution in [-0.4, -0.2) is 12.1 Å². The molecule has 0 aliphatic rings. The van der Waals surface area contributed by atoms with Crippen LogP contribution in [0, 0.1) is 0 Å². The summed E-state index contributed by atoms with van der Waals surface area (Å²) in [5.41, 5.74) is -0.0225. The minimum atomic E-state index is -4.41. The van der Waals surface area contributed by atoms with E-state index in [0.29, 0.717) is 16.4 Å². The molecule has 114 valence electrons. The van der Waals surface area contributed by atoms with E-state index in [-0.39, 0.29) is 5.69 Å². The van der Waals surface area contributed by atoms with E-state index >= 15 is 0 Å². The number of thiazole rings is 1. The maximum absolute atomic E-state index is 13.0. The fraction of sp³-hybridized carbons (Fsp3) is 0.133. The summed E-state index contributed by atoms with van der Waals surface area (Å²) in [5.74, 6) is 0.679. The van der Waals surface area contributed by atoms with Crippen molar-refractivity contribution in [1.29, 1.82) is 0 Å². The first-order valence-corrected chi connectivity index (χ1v) is 7.17. The Balaban J connectivity index is 1.97. The first kappa shape index (κ1) is 14.6. The van der Waals surface area contributed by atoms with Gasteiger partial charge in [0.2, 0.25) is 0 Å². The monoisotopic (exact) mass is 324 g/mol. The lowest BCUT2D eigenvalue weighted by atomic mass is 10.2. The van der Waals surface area contributed by atoms with Gasteiger partial charge < -0.3 is 10.1 Å². The van der Waals surface area contributed by atoms with Crippen molar-refractivity contribution in [2.75, 3.05) is 12.4 Å². The van der Waals surface area contributed by atoms with Gasteiger partial charge >= 0.3 is 6.18 Å². The topological polar surface area (TPSA) is 34.1 Å². The Morgan fingerprint density at radius 1 is 1.14 bits per heavy atom. The summed E-state index contributed by atoms with van der Waals surface area (Å²) in [6.07, 6.45) is -4.41. The Labute approximate surface area is 128 Å². The number of alkyl halides is 3. The molecule has 0 atom stereocenters. The van der Waals surface area contributed by atoms with Crippen LogP contribution in [0.4, 0.5) is 24.0 Å². The van der Waals surface area contributed by atoms with Gasteiger partial charge in [0.05, 0.1) is 28.6 Å². The molecule has 0 radical (unpaired) electrons. The minimum absolute atomic E-state index is 0.0129. The maximum Gasteiger partial charge on any atom is 0.418 e. The van der Waals surface area contributed by atoms with Crippen molar-refractivity contribution in [3.63, 3.8) is 0 Å². The quantitative estimate of drug-likeness (QED) is 0.730. The van der Waals surface area contributed by atoms with E-state index in [1.165, 1.54) is 23.5 Å². The Morgan fingerprint density at radius 3 is 2.64 bits per heavy atom. The molecular weight excluding hydrogens is 313 g/mol. The number of benzene rings is 2. The number of methoxy groups -OCH3 is 1. The Kier molecular flexibility index (Phi) is 3.66. The Bertz CT molecular complexity index is 814. The van der Waals surface area contributed by atoms with Crippen molar-refractivity contribution in [2.45, 2.75) is 6.18 Å². The van der Waals surface area contributed by atoms with Crippen molar-refractivity contribution in [3.8, 4) is 5.75 Å².